The molecule has 0 saturated carbocycles. The van der Waals surface area contributed by atoms with Crippen LogP contribution in [-0.2, 0) is 4.74 Å². The van der Waals surface area contributed by atoms with Crippen LogP contribution in [0.5, 0.6) is 0 Å². The molecule has 1 fully saturated rings. The number of thiophene rings is 1. The van der Waals surface area contributed by atoms with Gasteiger partial charge in [0.05, 0.1) is 16.5 Å². The molecule has 1 aromatic heterocycles. The van der Waals surface area contributed by atoms with Gasteiger partial charge in [-0.2, -0.15) is 0 Å². The molecule has 1 aliphatic heterocycles. The van der Waals surface area contributed by atoms with Gasteiger partial charge in [0.15, 0.2) is 0 Å². The van der Waals surface area contributed by atoms with Crippen molar-refractivity contribution in [1.82, 2.24) is 9.80 Å². The molecule has 1 saturated heterocycles. The summed E-state index contributed by atoms with van der Waals surface area (Å²) in [5.41, 5.74) is 2.80. The maximum absolute atomic E-state index is 12.7. The third-order valence-corrected chi connectivity index (χ3v) is 6.93. The van der Waals surface area contributed by atoms with Crippen LogP contribution in [0.15, 0.2) is 66.7 Å². The molecule has 0 N–H and O–H groups in total. The lowest BCUT2D eigenvalue weighted by Crippen LogP contribution is -2.49. The largest absolute Gasteiger partial charge is 0.367 e. The fraction of sp³-hybridized carbons (Fsp3) is 0.292. The van der Waals surface area contributed by atoms with Crippen LogP contribution in [0.4, 0.5) is 0 Å². The van der Waals surface area contributed by atoms with Crippen molar-refractivity contribution in [2.75, 3.05) is 39.3 Å². The summed E-state index contributed by atoms with van der Waals surface area (Å²) in [6, 6.07) is 22.3. The first-order chi connectivity index (χ1) is 15.1. The van der Waals surface area contributed by atoms with Crippen molar-refractivity contribution in [2.45, 2.75) is 6.10 Å². The lowest BCUT2D eigenvalue weighted by atomic mass is 10.0. The van der Waals surface area contributed by atoms with Crippen molar-refractivity contribution in [2.24, 2.45) is 0 Å². The fourth-order valence-corrected chi connectivity index (χ4v) is 5.22. The zero-order valence-electron chi connectivity index (χ0n) is 17.0. The van der Waals surface area contributed by atoms with Crippen LogP contribution < -0.4 is 0 Å². The van der Waals surface area contributed by atoms with Crippen LogP contribution >= 0.6 is 34.5 Å². The number of carbonyl (C=O) groups is 1. The highest BCUT2D eigenvalue weighted by molar-refractivity contribution is 7.20. The second-order valence-electron chi connectivity index (χ2n) is 7.44. The van der Waals surface area contributed by atoms with Gasteiger partial charge in [-0.1, -0.05) is 83.9 Å². The summed E-state index contributed by atoms with van der Waals surface area (Å²) in [6.07, 6.45) is -0.0873. The fourth-order valence-electron chi connectivity index (χ4n) is 3.77. The van der Waals surface area contributed by atoms with Gasteiger partial charge >= 0.3 is 0 Å². The third kappa shape index (κ3) is 5.68. The van der Waals surface area contributed by atoms with Crippen LogP contribution in [-0.4, -0.2) is 55.0 Å². The van der Waals surface area contributed by atoms with Crippen molar-refractivity contribution >= 4 is 40.4 Å². The molecule has 0 spiro atoms. The quantitative estimate of drug-likeness (QED) is 0.445. The second-order valence-corrected chi connectivity index (χ2v) is 9.73. The highest BCUT2D eigenvalue weighted by Gasteiger charge is 2.25. The normalized spacial score (nSPS) is 14.9. The molecule has 3 aromatic rings. The van der Waals surface area contributed by atoms with Gasteiger partial charge in [-0.25, -0.2) is 0 Å². The lowest BCUT2D eigenvalue weighted by molar-refractivity contribution is 0.0409. The number of benzene rings is 2. The third-order valence-electron chi connectivity index (χ3n) is 5.44. The molecule has 0 bridgehead atoms. The Morgan fingerprint density at radius 3 is 2.03 bits per heavy atom. The summed E-state index contributed by atoms with van der Waals surface area (Å²) in [5.74, 6) is -0.0442. The van der Waals surface area contributed by atoms with Gasteiger partial charge in [0, 0.05) is 32.7 Å². The number of halogens is 2. The lowest BCUT2D eigenvalue weighted by Gasteiger charge is -2.35. The molecule has 2 aromatic carbocycles. The number of hydrogen-bond acceptors (Lipinski definition) is 4. The van der Waals surface area contributed by atoms with Gasteiger partial charge < -0.3 is 9.64 Å². The Bertz CT molecular complexity index is 950. The Morgan fingerprint density at radius 1 is 0.935 bits per heavy atom. The van der Waals surface area contributed by atoms with Gasteiger partial charge in [-0.05, 0) is 17.2 Å². The molecule has 31 heavy (non-hydrogen) atoms. The van der Waals surface area contributed by atoms with Gasteiger partial charge in [0.2, 0.25) is 0 Å². The minimum absolute atomic E-state index is 0.0442. The zero-order chi connectivity index (χ0) is 21.6. The van der Waals surface area contributed by atoms with Crippen molar-refractivity contribution in [3.05, 3.63) is 92.1 Å². The van der Waals surface area contributed by atoms with Crippen molar-refractivity contribution in [1.29, 1.82) is 0 Å². The highest BCUT2D eigenvalue weighted by atomic mass is 35.5. The summed E-state index contributed by atoms with van der Waals surface area (Å²) in [4.78, 5) is 16.9. The van der Waals surface area contributed by atoms with E-state index in [4.69, 9.17) is 27.9 Å². The molecule has 1 amide bonds. The summed E-state index contributed by atoms with van der Waals surface area (Å²) in [6.45, 7) is 4.41. The Labute approximate surface area is 197 Å². The molecule has 7 heteroatoms. The SMILES string of the molecule is O=C(c1cc(Cl)sc1Cl)N1CCN(CCOC(c2ccccc2)c2ccccc2)CC1. The topological polar surface area (TPSA) is 32.8 Å². The van der Waals surface area contributed by atoms with Crippen LogP contribution in [0.3, 0.4) is 0 Å². The Kier molecular flexibility index (Phi) is 7.64. The van der Waals surface area contributed by atoms with E-state index in [1.165, 1.54) is 11.3 Å². The molecule has 4 rings (SSSR count). The molecular formula is C24H24Cl2N2O2S. The maximum Gasteiger partial charge on any atom is 0.256 e. The van der Waals surface area contributed by atoms with Gasteiger partial charge in [-0.15, -0.1) is 11.3 Å². The van der Waals surface area contributed by atoms with Crippen LogP contribution in [0.1, 0.15) is 27.6 Å². The van der Waals surface area contributed by atoms with E-state index >= 15 is 0 Å². The summed E-state index contributed by atoms with van der Waals surface area (Å²) in [5, 5.41) is 0. The number of ether oxygens (including phenoxy) is 1. The Balaban J connectivity index is 1.30. The Hall–Kier alpha value is -1.89. The molecule has 4 nitrogen and oxygen atoms in total. The maximum atomic E-state index is 12.7. The first-order valence-corrected chi connectivity index (χ1v) is 11.9. The molecule has 0 radical (unpaired) electrons. The van der Waals surface area contributed by atoms with E-state index in [1.807, 2.05) is 41.3 Å². The van der Waals surface area contributed by atoms with Crippen molar-refractivity contribution < 1.29 is 9.53 Å². The molecular weight excluding hydrogens is 451 g/mol. The van der Waals surface area contributed by atoms with E-state index in [9.17, 15) is 4.79 Å². The molecule has 162 valence electrons. The molecule has 0 atom stereocenters. The number of piperazine rings is 1. The van der Waals surface area contributed by atoms with Gasteiger partial charge in [-0.3, -0.25) is 9.69 Å². The smallest absolute Gasteiger partial charge is 0.256 e. The average molecular weight is 475 g/mol. The number of amides is 1. The minimum atomic E-state index is -0.0873. The van der Waals surface area contributed by atoms with Crippen molar-refractivity contribution in [3.8, 4) is 0 Å². The minimum Gasteiger partial charge on any atom is -0.367 e. The monoisotopic (exact) mass is 474 g/mol. The van der Waals surface area contributed by atoms with E-state index in [0.29, 0.717) is 33.9 Å². The second kappa shape index (κ2) is 10.6. The highest BCUT2D eigenvalue weighted by Crippen LogP contribution is 2.32. The predicted molar refractivity (Wildman–Crippen MR) is 127 cm³/mol. The van der Waals surface area contributed by atoms with Gasteiger partial charge in [0.1, 0.15) is 10.4 Å². The van der Waals surface area contributed by atoms with E-state index in [2.05, 4.69) is 29.2 Å². The molecule has 1 aliphatic rings. The van der Waals surface area contributed by atoms with Crippen LogP contribution in [0, 0.1) is 0 Å². The zero-order valence-corrected chi connectivity index (χ0v) is 19.4. The first kappa shape index (κ1) is 22.3. The van der Waals surface area contributed by atoms with E-state index in [1.54, 1.807) is 6.07 Å². The number of rotatable bonds is 7. The van der Waals surface area contributed by atoms with E-state index < -0.39 is 0 Å². The number of carbonyl (C=O) groups excluding carboxylic acids is 1. The average Bonchev–Trinajstić information content (AvgIpc) is 3.15. The number of nitrogens with zero attached hydrogens (tertiary/aromatic N) is 2. The van der Waals surface area contributed by atoms with Crippen LogP contribution in [0.2, 0.25) is 8.67 Å². The van der Waals surface area contributed by atoms with Gasteiger partial charge in [0.25, 0.3) is 5.91 Å². The number of hydrogen-bond donors (Lipinski definition) is 0. The Morgan fingerprint density at radius 2 is 1.52 bits per heavy atom. The van der Waals surface area contributed by atoms with Crippen LogP contribution in [0.25, 0.3) is 0 Å². The summed E-state index contributed by atoms with van der Waals surface area (Å²) < 4.78 is 7.32. The van der Waals surface area contributed by atoms with Crippen molar-refractivity contribution in [3.63, 3.8) is 0 Å². The standard InChI is InChI=1S/C24H24Cl2N2O2S/c25-21-17-20(23(26)31-21)24(29)28-13-11-27(12-14-28)15-16-30-22(18-7-3-1-4-8-18)19-9-5-2-6-10-19/h1-10,17,22H,11-16H2. The predicted octanol–water partition coefficient (Wildman–Crippen LogP) is 5.62. The molecule has 0 aliphatic carbocycles. The van der Waals surface area contributed by atoms with E-state index in [-0.39, 0.29) is 12.0 Å². The molecule has 0 unspecified atom stereocenters. The summed E-state index contributed by atoms with van der Waals surface area (Å²) in [7, 11) is 0. The first-order valence-electron chi connectivity index (χ1n) is 10.3. The van der Waals surface area contributed by atoms with E-state index in [0.717, 1.165) is 30.8 Å². The summed E-state index contributed by atoms with van der Waals surface area (Å²) >= 11 is 13.4. The molecule has 2 heterocycles.